The molecule has 37 heavy (non-hydrogen) atoms. The van der Waals surface area contributed by atoms with E-state index in [4.69, 9.17) is 16.3 Å². The zero-order chi connectivity index (χ0) is 27.6. The van der Waals surface area contributed by atoms with Crippen molar-refractivity contribution < 1.29 is 31.4 Å². The Bertz CT molecular complexity index is 1310. The van der Waals surface area contributed by atoms with Crippen molar-refractivity contribution in [1.29, 1.82) is 5.26 Å². The number of alkyl halides is 3. The van der Waals surface area contributed by atoms with E-state index in [1.165, 1.54) is 13.0 Å². The summed E-state index contributed by atoms with van der Waals surface area (Å²) < 4.78 is 71.2. The highest BCUT2D eigenvalue weighted by Crippen LogP contribution is 2.43. The maximum absolute atomic E-state index is 13.0. The number of hydrogen-bond acceptors (Lipinski definition) is 6. The number of rotatable bonds is 6. The van der Waals surface area contributed by atoms with Crippen LogP contribution in [0.2, 0.25) is 5.02 Å². The summed E-state index contributed by atoms with van der Waals surface area (Å²) in [7, 11) is -4.55. The minimum Gasteiger partial charge on any atom is -0.485 e. The van der Waals surface area contributed by atoms with Crippen LogP contribution in [0.1, 0.15) is 32.4 Å². The minimum atomic E-state index is -4.74. The SMILES string of the molecule is CCN(CC(F)(F)F)S(=O)(=O)c1ccc2c(c1)[C@@H](N=C(NC#N)Nc1ccc(Cl)cc1)[C@H](O)C(C)(C)O2. The van der Waals surface area contributed by atoms with E-state index >= 15 is 0 Å². The van der Waals surface area contributed by atoms with E-state index < -0.39 is 51.9 Å². The van der Waals surface area contributed by atoms with Gasteiger partial charge in [-0.2, -0.15) is 22.7 Å². The smallest absolute Gasteiger partial charge is 0.402 e. The molecule has 2 aromatic carbocycles. The van der Waals surface area contributed by atoms with Crippen LogP contribution in [0.5, 0.6) is 5.75 Å². The molecule has 0 radical (unpaired) electrons. The van der Waals surface area contributed by atoms with Gasteiger partial charge in [-0.1, -0.05) is 18.5 Å². The van der Waals surface area contributed by atoms with E-state index in [1.807, 2.05) is 0 Å². The van der Waals surface area contributed by atoms with Crippen molar-refractivity contribution in [3.63, 3.8) is 0 Å². The fraction of sp³-hybridized carbons (Fsp3) is 0.391. The average molecular weight is 560 g/mol. The van der Waals surface area contributed by atoms with Gasteiger partial charge in [-0.15, -0.1) is 0 Å². The van der Waals surface area contributed by atoms with Gasteiger partial charge in [0.25, 0.3) is 0 Å². The van der Waals surface area contributed by atoms with Gasteiger partial charge in [-0.3, -0.25) is 5.32 Å². The third kappa shape index (κ3) is 6.64. The largest absolute Gasteiger partial charge is 0.485 e. The second kappa shape index (κ2) is 10.7. The summed E-state index contributed by atoms with van der Waals surface area (Å²) in [6.07, 6.45) is -4.32. The number of nitriles is 1. The lowest BCUT2D eigenvalue weighted by Gasteiger charge is -2.41. The van der Waals surface area contributed by atoms with Crippen LogP contribution in [0.3, 0.4) is 0 Å². The van der Waals surface area contributed by atoms with Gasteiger partial charge in [-0.05, 0) is 56.3 Å². The molecule has 1 aliphatic heterocycles. The Balaban J connectivity index is 2.09. The molecule has 3 N–H and O–H groups in total. The molecule has 0 amide bonds. The Morgan fingerprint density at radius 2 is 1.92 bits per heavy atom. The number of nitrogens with zero attached hydrogens (tertiary/aromatic N) is 3. The summed E-state index contributed by atoms with van der Waals surface area (Å²) >= 11 is 5.90. The number of fused-ring (bicyclic) bond motifs is 1. The summed E-state index contributed by atoms with van der Waals surface area (Å²) in [5.74, 6) is 0.114. The molecule has 0 spiro atoms. The zero-order valence-corrected chi connectivity index (χ0v) is 21.6. The van der Waals surface area contributed by atoms with Gasteiger partial charge in [0, 0.05) is 22.8 Å². The topological polar surface area (TPSA) is 127 Å². The molecule has 0 saturated carbocycles. The standard InChI is InChI=1S/C23H25ClF3N5O4S/c1-4-32(12-23(25,26)27)37(34,35)16-9-10-18-17(11-16)19(20(33)22(2,3)36-18)31-21(29-13-28)30-15-7-5-14(24)6-8-15/h5-11,19-20,33H,4,12H2,1-3H3,(H2,29,30,31)/t19-,20+/m1/s1. The predicted molar refractivity (Wildman–Crippen MR) is 132 cm³/mol. The van der Waals surface area contributed by atoms with Crippen LogP contribution in [0.15, 0.2) is 52.4 Å². The van der Waals surface area contributed by atoms with E-state index in [1.54, 1.807) is 44.3 Å². The fourth-order valence-electron chi connectivity index (χ4n) is 3.72. The number of aliphatic imine (C=N–C) groups is 1. The highest BCUT2D eigenvalue weighted by Gasteiger charge is 2.44. The van der Waals surface area contributed by atoms with Gasteiger partial charge in [0.2, 0.25) is 16.0 Å². The number of hydrogen-bond donors (Lipinski definition) is 3. The van der Waals surface area contributed by atoms with E-state index in [2.05, 4.69) is 15.6 Å². The van der Waals surface area contributed by atoms with Crippen molar-refractivity contribution in [3.05, 3.63) is 53.1 Å². The monoisotopic (exact) mass is 559 g/mol. The van der Waals surface area contributed by atoms with Crippen molar-refractivity contribution in [3.8, 4) is 11.9 Å². The van der Waals surface area contributed by atoms with Crippen LogP contribution in [-0.2, 0) is 10.0 Å². The summed E-state index contributed by atoms with van der Waals surface area (Å²) in [5.41, 5.74) is -0.550. The first-order valence-corrected chi connectivity index (χ1v) is 12.8. The van der Waals surface area contributed by atoms with Crippen molar-refractivity contribution in [2.75, 3.05) is 18.4 Å². The molecule has 200 valence electrons. The normalized spacial score (nSPS) is 19.5. The summed E-state index contributed by atoms with van der Waals surface area (Å²) in [5, 5.41) is 26.0. The molecule has 0 unspecified atom stereocenters. The lowest BCUT2D eigenvalue weighted by molar-refractivity contribution is -0.135. The number of aliphatic hydroxyl groups excluding tert-OH is 1. The molecule has 0 aliphatic carbocycles. The lowest BCUT2D eigenvalue weighted by Crippen LogP contribution is -2.49. The number of halogens is 4. The summed E-state index contributed by atoms with van der Waals surface area (Å²) in [4.78, 5) is 4.01. The Kier molecular flexibility index (Phi) is 8.28. The van der Waals surface area contributed by atoms with Crippen LogP contribution in [-0.4, -0.2) is 54.8 Å². The Hall–Kier alpha value is -3.05. The van der Waals surface area contributed by atoms with E-state index in [0.29, 0.717) is 15.0 Å². The number of sulfonamides is 1. The van der Waals surface area contributed by atoms with E-state index in [9.17, 15) is 32.0 Å². The van der Waals surface area contributed by atoms with Crippen LogP contribution < -0.4 is 15.4 Å². The van der Waals surface area contributed by atoms with Crippen molar-refractivity contribution in [2.45, 2.75) is 49.6 Å². The van der Waals surface area contributed by atoms with Gasteiger partial charge in [-0.25, -0.2) is 13.4 Å². The number of benzene rings is 2. The highest BCUT2D eigenvalue weighted by molar-refractivity contribution is 7.89. The maximum atomic E-state index is 13.0. The molecular weight excluding hydrogens is 535 g/mol. The molecule has 14 heteroatoms. The van der Waals surface area contributed by atoms with Crippen LogP contribution in [0.25, 0.3) is 0 Å². The van der Waals surface area contributed by atoms with Gasteiger partial charge in [0.15, 0.2) is 6.19 Å². The molecule has 1 heterocycles. The lowest BCUT2D eigenvalue weighted by atomic mass is 9.87. The van der Waals surface area contributed by atoms with Gasteiger partial charge in [0.1, 0.15) is 30.0 Å². The fourth-order valence-corrected chi connectivity index (χ4v) is 5.32. The highest BCUT2D eigenvalue weighted by atomic mass is 35.5. The summed E-state index contributed by atoms with van der Waals surface area (Å²) in [6, 6.07) is 8.89. The Labute approximate surface area is 217 Å². The first kappa shape index (κ1) is 28.5. The number of anilines is 1. The molecule has 2 aromatic rings. The van der Waals surface area contributed by atoms with Crippen LogP contribution in [0.4, 0.5) is 18.9 Å². The average Bonchev–Trinajstić information content (AvgIpc) is 2.80. The summed E-state index contributed by atoms with van der Waals surface area (Å²) in [6.45, 7) is 2.43. The number of aliphatic hydroxyl groups is 1. The third-order valence-corrected chi connectivity index (χ3v) is 7.75. The van der Waals surface area contributed by atoms with Crippen LogP contribution >= 0.6 is 11.6 Å². The van der Waals surface area contributed by atoms with E-state index in [-0.39, 0.29) is 17.3 Å². The number of guanidine groups is 1. The minimum absolute atomic E-state index is 0.0713. The molecular formula is C23H25ClF3N5O4S. The molecule has 0 bridgehead atoms. The second-order valence-electron chi connectivity index (χ2n) is 8.69. The molecule has 3 rings (SSSR count). The molecule has 2 atom stereocenters. The first-order chi connectivity index (χ1) is 17.2. The second-order valence-corrected chi connectivity index (χ2v) is 11.1. The quantitative estimate of drug-likeness (QED) is 0.211. The number of ether oxygens (including phenoxy) is 1. The molecule has 9 nitrogen and oxygen atoms in total. The zero-order valence-electron chi connectivity index (χ0n) is 20.0. The Morgan fingerprint density at radius 1 is 1.27 bits per heavy atom. The molecule has 0 saturated heterocycles. The van der Waals surface area contributed by atoms with Crippen LogP contribution in [0, 0.1) is 11.5 Å². The van der Waals surface area contributed by atoms with Gasteiger partial charge < -0.3 is 15.2 Å². The van der Waals surface area contributed by atoms with Crippen molar-refractivity contribution in [1.82, 2.24) is 9.62 Å². The van der Waals surface area contributed by atoms with Gasteiger partial charge in [0.05, 0.1) is 4.90 Å². The first-order valence-electron chi connectivity index (χ1n) is 11.0. The molecule has 0 fully saturated rings. The Morgan fingerprint density at radius 3 is 2.49 bits per heavy atom. The molecule has 0 aromatic heterocycles. The van der Waals surface area contributed by atoms with E-state index in [0.717, 1.165) is 12.1 Å². The van der Waals surface area contributed by atoms with Crippen molar-refractivity contribution in [2.24, 2.45) is 4.99 Å². The van der Waals surface area contributed by atoms with Crippen molar-refractivity contribution >= 4 is 33.3 Å². The number of nitrogens with one attached hydrogen (secondary N) is 2. The predicted octanol–water partition coefficient (Wildman–Crippen LogP) is 4.02. The molecule has 1 aliphatic rings. The maximum Gasteiger partial charge on any atom is 0.402 e. The third-order valence-electron chi connectivity index (χ3n) is 5.58. The van der Waals surface area contributed by atoms with Gasteiger partial charge >= 0.3 is 6.18 Å².